The topological polar surface area (TPSA) is 39.6 Å². The van der Waals surface area contributed by atoms with Crippen molar-refractivity contribution < 1.29 is 4.79 Å². The van der Waals surface area contributed by atoms with Gasteiger partial charge in [0.05, 0.1) is 6.42 Å². The van der Waals surface area contributed by atoms with Crippen molar-refractivity contribution in [3.63, 3.8) is 0 Å². The van der Waals surface area contributed by atoms with Crippen molar-refractivity contribution >= 4 is 5.71 Å². The summed E-state index contributed by atoms with van der Waals surface area (Å²) in [4.78, 5) is 5.60. The van der Waals surface area contributed by atoms with Crippen LogP contribution in [0.15, 0.2) is 23.9 Å². The Kier molecular flexibility index (Phi) is 3.58. The molecule has 0 spiro atoms. The van der Waals surface area contributed by atoms with E-state index in [0.717, 1.165) is 12.1 Å². The standard InChI is InChI=1S/C13H19N3/c1-16(12-5-3-2-4-6-12)13-9-7-11(15-14)8-10-13/h7,9-10,12H,2-6,8H2,1H3. The van der Waals surface area contributed by atoms with Crippen LogP contribution in [0.2, 0.25) is 0 Å². The Morgan fingerprint density at radius 3 is 2.56 bits per heavy atom. The molecule has 86 valence electrons. The van der Waals surface area contributed by atoms with E-state index in [4.69, 9.17) is 5.53 Å². The number of hydrogen-bond donors (Lipinski definition) is 0. The SMILES string of the molecule is CN(C1=CCC(=[N+]=[N-])C=C1)C1CCCCC1. The minimum absolute atomic E-state index is 0.692. The van der Waals surface area contributed by atoms with Gasteiger partial charge < -0.3 is 10.4 Å². The van der Waals surface area contributed by atoms with Gasteiger partial charge in [-0.05, 0) is 25.0 Å². The highest BCUT2D eigenvalue weighted by atomic mass is 15.1. The summed E-state index contributed by atoms with van der Waals surface area (Å²) in [5.41, 5.74) is 10.7. The predicted octanol–water partition coefficient (Wildman–Crippen LogP) is 2.77. The number of nitrogens with zero attached hydrogens (tertiary/aromatic N) is 3. The summed E-state index contributed by atoms with van der Waals surface area (Å²) in [6, 6.07) is 0.692. The van der Waals surface area contributed by atoms with E-state index in [9.17, 15) is 0 Å². The Morgan fingerprint density at radius 1 is 1.25 bits per heavy atom. The second-order valence-corrected chi connectivity index (χ2v) is 4.66. The largest absolute Gasteiger partial charge is 0.372 e. The molecule has 0 bridgehead atoms. The highest BCUT2D eigenvalue weighted by molar-refractivity contribution is 5.92. The maximum absolute atomic E-state index is 8.66. The van der Waals surface area contributed by atoms with E-state index in [1.165, 1.54) is 37.8 Å². The number of allylic oxidation sites excluding steroid dienone is 3. The Bertz CT molecular complexity index is 355. The van der Waals surface area contributed by atoms with Crippen molar-refractivity contribution in [1.29, 1.82) is 0 Å². The quantitative estimate of drug-likeness (QED) is 0.518. The van der Waals surface area contributed by atoms with Crippen LogP contribution in [0, 0.1) is 0 Å². The molecule has 1 fully saturated rings. The van der Waals surface area contributed by atoms with Crippen molar-refractivity contribution in [1.82, 2.24) is 4.90 Å². The fourth-order valence-corrected chi connectivity index (χ4v) is 2.54. The lowest BCUT2D eigenvalue weighted by atomic mass is 9.93. The monoisotopic (exact) mass is 217 g/mol. The molecular formula is C13H19N3. The van der Waals surface area contributed by atoms with E-state index in [-0.39, 0.29) is 0 Å². The first-order chi connectivity index (χ1) is 7.81. The van der Waals surface area contributed by atoms with Gasteiger partial charge in [0, 0.05) is 24.9 Å². The van der Waals surface area contributed by atoms with E-state index >= 15 is 0 Å². The summed E-state index contributed by atoms with van der Waals surface area (Å²) in [6.45, 7) is 0. The summed E-state index contributed by atoms with van der Waals surface area (Å²) in [7, 11) is 2.17. The molecule has 0 N–H and O–H groups in total. The third-order valence-corrected chi connectivity index (χ3v) is 3.62. The van der Waals surface area contributed by atoms with Crippen LogP contribution in [-0.2, 0) is 0 Å². The van der Waals surface area contributed by atoms with Crippen molar-refractivity contribution in [3.8, 4) is 0 Å². The number of hydrogen-bond acceptors (Lipinski definition) is 1. The van der Waals surface area contributed by atoms with Crippen molar-refractivity contribution in [2.24, 2.45) is 0 Å². The van der Waals surface area contributed by atoms with Crippen molar-refractivity contribution in [2.45, 2.75) is 44.6 Å². The average molecular weight is 217 g/mol. The zero-order chi connectivity index (χ0) is 11.4. The van der Waals surface area contributed by atoms with Crippen molar-refractivity contribution in [3.05, 3.63) is 29.5 Å². The molecule has 0 unspecified atom stereocenters. The van der Waals surface area contributed by atoms with Crippen LogP contribution in [0.4, 0.5) is 0 Å². The molecule has 3 nitrogen and oxygen atoms in total. The smallest absolute Gasteiger partial charge is 0.295 e. The lowest BCUT2D eigenvalue weighted by Gasteiger charge is -2.34. The van der Waals surface area contributed by atoms with E-state index in [2.05, 4.69) is 22.8 Å². The molecule has 0 atom stereocenters. The van der Waals surface area contributed by atoms with Gasteiger partial charge in [0.25, 0.3) is 5.71 Å². The fourth-order valence-electron chi connectivity index (χ4n) is 2.54. The van der Waals surface area contributed by atoms with Gasteiger partial charge in [0.1, 0.15) is 0 Å². The molecular weight excluding hydrogens is 198 g/mol. The zero-order valence-corrected chi connectivity index (χ0v) is 9.89. The molecule has 0 aliphatic heterocycles. The molecule has 2 aliphatic rings. The molecule has 0 amide bonds. The Morgan fingerprint density at radius 2 is 2.00 bits per heavy atom. The molecule has 3 heteroatoms. The number of rotatable bonds is 2. The second-order valence-electron chi connectivity index (χ2n) is 4.66. The molecule has 1 saturated carbocycles. The Labute approximate surface area is 97.1 Å². The molecule has 2 aliphatic carbocycles. The molecule has 0 radical (unpaired) electrons. The van der Waals surface area contributed by atoms with Crippen LogP contribution < -0.4 is 0 Å². The summed E-state index contributed by atoms with van der Waals surface area (Å²) >= 11 is 0. The maximum Gasteiger partial charge on any atom is 0.295 e. The maximum atomic E-state index is 8.66. The Hall–Kier alpha value is -1.34. The molecule has 0 aromatic rings. The average Bonchev–Trinajstić information content (AvgIpc) is 2.39. The van der Waals surface area contributed by atoms with Crippen LogP contribution in [-0.4, -0.2) is 28.5 Å². The zero-order valence-electron chi connectivity index (χ0n) is 9.89. The van der Waals surface area contributed by atoms with E-state index in [1.807, 2.05) is 12.2 Å². The highest BCUT2D eigenvalue weighted by Crippen LogP contribution is 2.25. The van der Waals surface area contributed by atoms with Crippen molar-refractivity contribution in [2.75, 3.05) is 7.05 Å². The first-order valence-corrected chi connectivity index (χ1v) is 6.13. The van der Waals surface area contributed by atoms with Crippen LogP contribution in [0.1, 0.15) is 38.5 Å². The minimum atomic E-state index is 0.692. The third kappa shape index (κ3) is 2.42. The molecule has 16 heavy (non-hydrogen) atoms. The summed E-state index contributed by atoms with van der Waals surface area (Å²) in [5, 5.41) is 0. The molecule has 0 aromatic carbocycles. The van der Waals surface area contributed by atoms with Crippen LogP contribution in [0.5, 0.6) is 0 Å². The second kappa shape index (κ2) is 5.13. The number of likely N-dealkylation sites (N-methyl/N-ethyl adjacent to an activating group) is 1. The fraction of sp³-hybridized carbons (Fsp3) is 0.615. The van der Waals surface area contributed by atoms with Gasteiger partial charge in [0.15, 0.2) is 0 Å². The van der Waals surface area contributed by atoms with Gasteiger partial charge >= 0.3 is 0 Å². The van der Waals surface area contributed by atoms with Crippen LogP contribution in [0.3, 0.4) is 0 Å². The van der Waals surface area contributed by atoms with Gasteiger partial charge in [-0.2, -0.15) is 4.79 Å². The lowest BCUT2D eigenvalue weighted by molar-refractivity contribution is -0.00548. The van der Waals surface area contributed by atoms with Gasteiger partial charge in [-0.15, -0.1) is 0 Å². The minimum Gasteiger partial charge on any atom is -0.372 e. The highest BCUT2D eigenvalue weighted by Gasteiger charge is 2.20. The molecule has 2 rings (SSSR count). The van der Waals surface area contributed by atoms with E-state index in [1.54, 1.807) is 0 Å². The Balaban J connectivity index is 2.00. The first-order valence-electron chi connectivity index (χ1n) is 6.13. The van der Waals surface area contributed by atoms with E-state index < -0.39 is 0 Å². The molecule has 0 heterocycles. The first kappa shape index (κ1) is 11.2. The van der Waals surface area contributed by atoms with Gasteiger partial charge in [-0.1, -0.05) is 19.3 Å². The van der Waals surface area contributed by atoms with Gasteiger partial charge in [-0.25, -0.2) is 0 Å². The van der Waals surface area contributed by atoms with Crippen LogP contribution in [0.25, 0.3) is 5.53 Å². The van der Waals surface area contributed by atoms with Gasteiger partial charge in [-0.3, -0.25) is 0 Å². The summed E-state index contributed by atoms with van der Waals surface area (Å²) in [5.74, 6) is 0. The third-order valence-electron chi connectivity index (χ3n) is 3.62. The van der Waals surface area contributed by atoms with E-state index in [0.29, 0.717) is 6.04 Å². The normalized spacial score (nSPS) is 21.6. The summed E-state index contributed by atoms with van der Waals surface area (Å²) in [6.07, 6.45) is 13.5. The lowest BCUT2D eigenvalue weighted by Crippen LogP contribution is -2.32. The van der Waals surface area contributed by atoms with Gasteiger partial charge in [0.2, 0.25) is 0 Å². The molecule has 0 saturated heterocycles. The summed E-state index contributed by atoms with van der Waals surface area (Å²) < 4.78 is 0. The van der Waals surface area contributed by atoms with Crippen LogP contribution >= 0.6 is 0 Å². The molecule has 0 aromatic heterocycles. The predicted molar refractivity (Wildman–Crippen MR) is 65.1 cm³/mol.